The zero-order chi connectivity index (χ0) is 11.4. The van der Waals surface area contributed by atoms with E-state index in [2.05, 4.69) is 41.4 Å². The van der Waals surface area contributed by atoms with E-state index in [-0.39, 0.29) is 5.54 Å². The molecule has 0 saturated carbocycles. The molecule has 2 rings (SSSR count). The number of fused-ring (bicyclic) bond motifs is 1. The quantitative estimate of drug-likeness (QED) is 0.751. The summed E-state index contributed by atoms with van der Waals surface area (Å²) in [6.45, 7) is 0.565. The summed E-state index contributed by atoms with van der Waals surface area (Å²) >= 11 is 0. The largest absolute Gasteiger partial charge is 0.296 e. The van der Waals surface area contributed by atoms with E-state index in [0.29, 0.717) is 13.0 Å². The van der Waals surface area contributed by atoms with Crippen LogP contribution in [0.5, 0.6) is 0 Å². The van der Waals surface area contributed by atoms with Crippen molar-refractivity contribution in [3.05, 3.63) is 35.4 Å². The van der Waals surface area contributed by atoms with Gasteiger partial charge < -0.3 is 0 Å². The van der Waals surface area contributed by atoms with Crippen molar-refractivity contribution < 1.29 is 0 Å². The first-order chi connectivity index (χ1) is 7.82. The number of hydrogen-bond acceptors (Lipinski definition) is 1. The Morgan fingerprint density at radius 1 is 1.25 bits per heavy atom. The van der Waals surface area contributed by atoms with E-state index < -0.39 is 0 Å². The summed E-state index contributed by atoms with van der Waals surface area (Å²) in [4.78, 5) is 0. The van der Waals surface area contributed by atoms with E-state index in [1.54, 1.807) is 0 Å². The maximum Gasteiger partial charge on any atom is 0.0580 e. The van der Waals surface area contributed by atoms with Crippen LogP contribution < -0.4 is 5.32 Å². The number of benzene rings is 1. The average Bonchev–Trinajstić information content (AvgIpc) is 2.68. The van der Waals surface area contributed by atoms with Gasteiger partial charge in [0.25, 0.3) is 0 Å². The van der Waals surface area contributed by atoms with Crippen LogP contribution in [0.1, 0.15) is 24.0 Å². The Labute approximate surface area is 97.3 Å². The van der Waals surface area contributed by atoms with Gasteiger partial charge in [-0.05, 0) is 24.0 Å². The summed E-state index contributed by atoms with van der Waals surface area (Å²) in [6.07, 6.45) is 13.6. The molecule has 1 aliphatic rings. The molecule has 1 nitrogen and oxygen atoms in total. The summed E-state index contributed by atoms with van der Waals surface area (Å²) in [6, 6.07) is 8.47. The molecule has 0 unspecified atom stereocenters. The van der Waals surface area contributed by atoms with Crippen molar-refractivity contribution in [1.29, 1.82) is 0 Å². The molecule has 16 heavy (non-hydrogen) atoms. The molecular weight excluding hydrogens is 194 g/mol. The maximum atomic E-state index is 5.48. The van der Waals surface area contributed by atoms with Crippen LogP contribution in [-0.2, 0) is 12.0 Å². The van der Waals surface area contributed by atoms with Crippen molar-refractivity contribution in [3.8, 4) is 24.7 Å². The minimum Gasteiger partial charge on any atom is -0.296 e. The number of terminal acetylenes is 2. The van der Waals surface area contributed by atoms with Crippen LogP contribution >= 0.6 is 0 Å². The van der Waals surface area contributed by atoms with Gasteiger partial charge >= 0.3 is 0 Å². The molecule has 1 aromatic carbocycles. The zero-order valence-corrected chi connectivity index (χ0v) is 9.29. The van der Waals surface area contributed by atoms with Gasteiger partial charge in [-0.3, -0.25) is 5.32 Å². The first kappa shape index (κ1) is 10.8. The van der Waals surface area contributed by atoms with E-state index in [4.69, 9.17) is 12.8 Å². The summed E-state index contributed by atoms with van der Waals surface area (Å²) in [5.74, 6) is 5.40. The van der Waals surface area contributed by atoms with Crippen LogP contribution in [0.3, 0.4) is 0 Å². The summed E-state index contributed by atoms with van der Waals surface area (Å²) in [5.41, 5.74) is 2.61. The van der Waals surface area contributed by atoms with Gasteiger partial charge in [-0.25, -0.2) is 0 Å². The summed E-state index contributed by atoms with van der Waals surface area (Å²) < 4.78 is 0. The Morgan fingerprint density at radius 3 is 2.81 bits per heavy atom. The highest BCUT2D eigenvalue weighted by molar-refractivity contribution is 5.40. The van der Waals surface area contributed by atoms with Crippen LogP contribution in [-0.4, -0.2) is 6.54 Å². The van der Waals surface area contributed by atoms with Gasteiger partial charge in [0.1, 0.15) is 0 Å². The molecule has 0 bridgehead atoms. The second-order valence-corrected chi connectivity index (χ2v) is 4.18. The van der Waals surface area contributed by atoms with Gasteiger partial charge in [0.2, 0.25) is 0 Å². The normalized spacial score (nSPS) is 22.1. The lowest BCUT2D eigenvalue weighted by molar-refractivity contribution is 0.356. The van der Waals surface area contributed by atoms with Gasteiger partial charge in [0.15, 0.2) is 0 Å². The molecular formula is C15H15N. The average molecular weight is 209 g/mol. The second-order valence-electron chi connectivity index (χ2n) is 4.18. The van der Waals surface area contributed by atoms with Gasteiger partial charge in [0.05, 0.1) is 12.1 Å². The van der Waals surface area contributed by atoms with Gasteiger partial charge in [-0.15, -0.1) is 18.8 Å². The summed E-state index contributed by atoms with van der Waals surface area (Å²) in [7, 11) is 0. The molecule has 0 fully saturated rings. The maximum absolute atomic E-state index is 5.48. The molecule has 1 aliphatic carbocycles. The van der Waals surface area contributed by atoms with Crippen molar-refractivity contribution >= 4 is 0 Å². The van der Waals surface area contributed by atoms with Crippen molar-refractivity contribution in [1.82, 2.24) is 5.32 Å². The van der Waals surface area contributed by atoms with Crippen molar-refractivity contribution in [2.75, 3.05) is 6.54 Å². The Morgan fingerprint density at radius 2 is 2.06 bits per heavy atom. The van der Waals surface area contributed by atoms with Crippen molar-refractivity contribution in [2.45, 2.75) is 24.8 Å². The molecule has 1 atom stereocenters. The number of hydrogen-bond donors (Lipinski definition) is 1. The topological polar surface area (TPSA) is 12.0 Å². The molecule has 0 aliphatic heterocycles. The standard InChI is InChI=1S/C15H15N/c1-3-10-15(16-12-4-2)11-9-13-7-5-6-8-14(13)15/h1-2,5-8,16H,9-12H2/t15-/m0/s1. The van der Waals surface area contributed by atoms with Crippen LogP contribution in [0.4, 0.5) is 0 Å². The lowest BCUT2D eigenvalue weighted by Crippen LogP contribution is -2.40. The fourth-order valence-corrected chi connectivity index (χ4v) is 2.51. The first-order valence-electron chi connectivity index (χ1n) is 5.53. The van der Waals surface area contributed by atoms with Crippen molar-refractivity contribution in [3.63, 3.8) is 0 Å². The lowest BCUT2D eigenvalue weighted by atomic mass is 9.88. The SMILES string of the molecule is C#CCN[C@@]1(CC#C)CCc2ccccc21. The lowest BCUT2D eigenvalue weighted by Gasteiger charge is -2.29. The third-order valence-corrected chi connectivity index (χ3v) is 3.29. The van der Waals surface area contributed by atoms with Gasteiger partial charge in [-0.2, -0.15) is 0 Å². The molecule has 0 heterocycles. The second kappa shape index (κ2) is 4.44. The Hall–Kier alpha value is -1.70. The van der Waals surface area contributed by atoms with E-state index in [9.17, 15) is 0 Å². The fraction of sp³-hybridized carbons (Fsp3) is 0.333. The third-order valence-electron chi connectivity index (χ3n) is 3.29. The van der Waals surface area contributed by atoms with Crippen LogP contribution in [0.15, 0.2) is 24.3 Å². The Bertz CT molecular complexity index is 461. The molecule has 1 N–H and O–H groups in total. The third kappa shape index (κ3) is 1.71. The predicted octanol–water partition coefficient (Wildman–Crippen LogP) is 2.07. The van der Waals surface area contributed by atoms with Crippen molar-refractivity contribution in [2.24, 2.45) is 0 Å². The zero-order valence-electron chi connectivity index (χ0n) is 9.29. The predicted molar refractivity (Wildman–Crippen MR) is 66.7 cm³/mol. The minimum atomic E-state index is -0.0995. The number of rotatable bonds is 3. The molecule has 0 spiro atoms. The Balaban J connectivity index is 2.36. The molecule has 80 valence electrons. The number of aryl methyl sites for hydroxylation is 1. The highest BCUT2D eigenvalue weighted by atomic mass is 15.0. The van der Waals surface area contributed by atoms with Gasteiger partial charge in [-0.1, -0.05) is 30.2 Å². The van der Waals surface area contributed by atoms with E-state index in [1.165, 1.54) is 11.1 Å². The monoisotopic (exact) mass is 209 g/mol. The molecule has 1 heteroatoms. The fourth-order valence-electron chi connectivity index (χ4n) is 2.51. The molecule has 0 aromatic heterocycles. The smallest absolute Gasteiger partial charge is 0.0580 e. The van der Waals surface area contributed by atoms with E-state index in [1.807, 2.05) is 0 Å². The first-order valence-corrected chi connectivity index (χ1v) is 5.53. The highest BCUT2D eigenvalue weighted by Crippen LogP contribution is 2.38. The number of nitrogens with one attached hydrogen (secondary N) is 1. The molecule has 1 aromatic rings. The van der Waals surface area contributed by atoms with E-state index >= 15 is 0 Å². The molecule has 0 amide bonds. The molecule has 0 saturated heterocycles. The highest BCUT2D eigenvalue weighted by Gasteiger charge is 2.36. The van der Waals surface area contributed by atoms with E-state index in [0.717, 1.165) is 12.8 Å². The Kier molecular flexibility index (Phi) is 3.00. The van der Waals surface area contributed by atoms with Gasteiger partial charge in [0, 0.05) is 6.42 Å². The molecule has 0 radical (unpaired) electrons. The minimum absolute atomic E-state index is 0.0995. The van der Waals surface area contributed by atoms with Crippen LogP contribution in [0.25, 0.3) is 0 Å². The summed E-state index contributed by atoms with van der Waals surface area (Å²) in [5, 5.41) is 3.42. The van der Waals surface area contributed by atoms with Crippen LogP contribution in [0.2, 0.25) is 0 Å². The van der Waals surface area contributed by atoms with Crippen LogP contribution in [0, 0.1) is 24.7 Å².